The van der Waals surface area contributed by atoms with Crippen LogP contribution in [0.15, 0.2) is 42.5 Å². The molecule has 0 fully saturated rings. The minimum Gasteiger partial charge on any atom is -0.478 e. The quantitative estimate of drug-likeness (QED) is 0.819. The first-order chi connectivity index (χ1) is 9.47. The number of halogens is 3. The lowest BCUT2D eigenvalue weighted by Gasteiger charge is -2.08. The van der Waals surface area contributed by atoms with E-state index in [0.29, 0.717) is 21.2 Å². The molecule has 0 unspecified atom stereocenters. The summed E-state index contributed by atoms with van der Waals surface area (Å²) in [4.78, 5) is 10.6. The summed E-state index contributed by atoms with van der Waals surface area (Å²) in [5, 5.41) is 9.51. The van der Waals surface area contributed by atoms with Crippen LogP contribution in [0.2, 0.25) is 10.0 Å². The Kier molecular flexibility index (Phi) is 4.42. The van der Waals surface area contributed by atoms with Crippen LogP contribution in [0.4, 0.5) is 4.39 Å². The molecule has 2 rings (SSSR count). The maximum Gasteiger partial charge on any atom is 0.328 e. The van der Waals surface area contributed by atoms with Gasteiger partial charge in [0.2, 0.25) is 0 Å². The molecule has 0 radical (unpaired) electrons. The highest BCUT2D eigenvalue weighted by Gasteiger charge is 2.09. The molecule has 2 aromatic rings. The molecule has 0 saturated carbocycles. The van der Waals surface area contributed by atoms with Crippen molar-refractivity contribution < 1.29 is 14.3 Å². The van der Waals surface area contributed by atoms with E-state index in [-0.39, 0.29) is 5.56 Å². The van der Waals surface area contributed by atoms with Gasteiger partial charge in [-0.25, -0.2) is 9.18 Å². The summed E-state index contributed by atoms with van der Waals surface area (Å²) in [6, 6.07) is 9.32. The van der Waals surface area contributed by atoms with Crippen molar-refractivity contribution in [3.63, 3.8) is 0 Å². The molecule has 20 heavy (non-hydrogen) atoms. The molecule has 1 N–H and O–H groups in total. The lowest BCUT2D eigenvalue weighted by atomic mass is 9.99. The first-order valence-electron chi connectivity index (χ1n) is 5.63. The van der Waals surface area contributed by atoms with Gasteiger partial charge in [0.1, 0.15) is 5.82 Å². The molecule has 0 aliphatic rings. The molecule has 0 bridgehead atoms. The summed E-state index contributed by atoms with van der Waals surface area (Å²) in [5.41, 5.74) is 1.31. The van der Waals surface area contributed by atoms with Gasteiger partial charge >= 0.3 is 5.97 Å². The summed E-state index contributed by atoms with van der Waals surface area (Å²) in [6.07, 6.45) is 2.09. The minimum atomic E-state index is -1.15. The molecule has 0 aliphatic heterocycles. The number of carboxylic acids is 1. The van der Waals surface area contributed by atoms with Gasteiger partial charge in [0.25, 0.3) is 0 Å². The fourth-order valence-corrected chi connectivity index (χ4v) is 2.35. The van der Waals surface area contributed by atoms with Crippen molar-refractivity contribution in [2.24, 2.45) is 0 Å². The Labute approximate surface area is 125 Å². The average Bonchev–Trinajstić information content (AvgIpc) is 2.35. The second-order valence-corrected chi connectivity index (χ2v) is 4.90. The zero-order valence-corrected chi connectivity index (χ0v) is 11.6. The molecular formula is C15H9Cl2FO2. The number of benzene rings is 2. The second-order valence-electron chi connectivity index (χ2n) is 4.03. The van der Waals surface area contributed by atoms with E-state index in [1.165, 1.54) is 18.2 Å². The Morgan fingerprint density at radius 1 is 1.15 bits per heavy atom. The van der Waals surface area contributed by atoms with Crippen LogP contribution in [0.25, 0.3) is 17.2 Å². The molecule has 0 amide bonds. The molecular weight excluding hydrogens is 302 g/mol. The van der Waals surface area contributed by atoms with Crippen molar-refractivity contribution in [1.82, 2.24) is 0 Å². The van der Waals surface area contributed by atoms with E-state index in [4.69, 9.17) is 28.3 Å². The highest BCUT2D eigenvalue weighted by molar-refractivity contribution is 6.35. The Bertz CT molecular complexity index is 676. The third kappa shape index (κ3) is 3.38. The zero-order chi connectivity index (χ0) is 14.7. The number of hydrogen-bond acceptors (Lipinski definition) is 1. The molecule has 5 heteroatoms. The molecule has 0 spiro atoms. The van der Waals surface area contributed by atoms with E-state index in [2.05, 4.69) is 0 Å². The van der Waals surface area contributed by atoms with Gasteiger partial charge in [0.15, 0.2) is 0 Å². The Hall–Kier alpha value is -1.84. The van der Waals surface area contributed by atoms with E-state index in [0.717, 1.165) is 6.08 Å². The molecule has 0 heterocycles. The largest absolute Gasteiger partial charge is 0.478 e. The smallest absolute Gasteiger partial charge is 0.328 e. The Morgan fingerprint density at radius 3 is 2.40 bits per heavy atom. The zero-order valence-electron chi connectivity index (χ0n) is 10.1. The molecule has 102 valence electrons. The van der Waals surface area contributed by atoms with Crippen molar-refractivity contribution in [3.05, 3.63) is 63.9 Å². The summed E-state index contributed by atoms with van der Waals surface area (Å²) >= 11 is 11.9. The summed E-state index contributed by atoms with van der Waals surface area (Å²) in [6.45, 7) is 0. The van der Waals surface area contributed by atoms with Gasteiger partial charge in [-0.3, -0.25) is 0 Å². The molecule has 2 nitrogen and oxygen atoms in total. The van der Waals surface area contributed by atoms with Gasteiger partial charge in [0.05, 0.1) is 0 Å². The van der Waals surface area contributed by atoms with Crippen molar-refractivity contribution in [3.8, 4) is 11.1 Å². The van der Waals surface area contributed by atoms with Gasteiger partial charge in [-0.1, -0.05) is 35.3 Å². The van der Waals surface area contributed by atoms with Crippen LogP contribution in [0.3, 0.4) is 0 Å². The topological polar surface area (TPSA) is 37.3 Å². The second kappa shape index (κ2) is 6.07. The van der Waals surface area contributed by atoms with Crippen LogP contribution in [-0.2, 0) is 4.79 Å². The van der Waals surface area contributed by atoms with Gasteiger partial charge in [-0.15, -0.1) is 0 Å². The normalized spacial score (nSPS) is 10.9. The van der Waals surface area contributed by atoms with Crippen LogP contribution in [-0.4, -0.2) is 11.1 Å². The predicted octanol–water partition coefficient (Wildman–Crippen LogP) is 4.90. The van der Waals surface area contributed by atoms with E-state index < -0.39 is 11.8 Å². The van der Waals surface area contributed by atoms with E-state index >= 15 is 0 Å². The molecule has 2 aromatic carbocycles. The fraction of sp³-hybridized carbons (Fsp3) is 0. The maximum absolute atomic E-state index is 13.9. The van der Waals surface area contributed by atoms with E-state index in [9.17, 15) is 9.18 Å². The van der Waals surface area contributed by atoms with Gasteiger partial charge in [0, 0.05) is 21.7 Å². The van der Waals surface area contributed by atoms with Crippen molar-refractivity contribution in [2.75, 3.05) is 0 Å². The van der Waals surface area contributed by atoms with Gasteiger partial charge in [-0.05, 0) is 41.5 Å². The Balaban J connectivity index is 2.61. The predicted molar refractivity (Wildman–Crippen MR) is 78.5 cm³/mol. The van der Waals surface area contributed by atoms with Crippen LogP contribution in [0.1, 0.15) is 5.56 Å². The monoisotopic (exact) mass is 310 g/mol. The number of rotatable bonds is 3. The van der Waals surface area contributed by atoms with Crippen molar-refractivity contribution in [1.29, 1.82) is 0 Å². The maximum atomic E-state index is 13.9. The molecule has 0 atom stereocenters. The standard InChI is InChI=1S/C15H9Cl2FO2/c16-10-6-9(7-11(17)8-10)12-2-1-3-14(18)13(12)4-5-15(19)20/h1-8H,(H,19,20)/b5-4+. The first kappa shape index (κ1) is 14.6. The number of aliphatic carboxylic acids is 1. The number of carboxylic acid groups (broad SMARTS) is 1. The van der Waals surface area contributed by atoms with Crippen molar-refractivity contribution >= 4 is 35.2 Å². The van der Waals surface area contributed by atoms with Crippen LogP contribution >= 0.6 is 23.2 Å². The number of carbonyl (C=O) groups is 1. The van der Waals surface area contributed by atoms with Crippen LogP contribution in [0.5, 0.6) is 0 Å². The van der Waals surface area contributed by atoms with Crippen LogP contribution in [0, 0.1) is 5.82 Å². The summed E-state index contributed by atoms with van der Waals surface area (Å²) < 4.78 is 13.9. The third-order valence-electron chi connectivity index (χ3n) is 2.62. The lowest BCUT2D eigenvalue weighted by Crippen LogP contribution is -1.91. The van der Waals surface area contributed by atoms with E-state index in [1.54, 1.807) is 24.3 Å². The van der Waals surface area contributed by atoms with Gasteiger partial charge < -0.3 is 5.11 Å². The van der Waals surface area contributed by atoms with Crippen molar-refractivity contribution in [2.45, 2.75) is 0 Å². The highest BCUT2D eigenvalue weighted by Crippen LogP contribution is 2.31. The first-order valence-corrected chi connectivity index (χ1v) is 6.39. The Morgan fingerprint density at radius 2 is 1.80 bits per heavy atom. The molecule has 0 aromatic heterocycles. The summed E-state index contributed by atoms with van der Waals surface area (Å²) in [7, 11) is 0. The van der Waals surface area contributed by atoms with Crippen LogP contribution < -0.4 is 0 Å². The molecule has 0 aliphatic carbocycles. The van der Waals surface area contributed by atoms with Gasteiger partial charge in [-0.2, -0.15) is 0 Å². The summed E-state index contributed by atoms with van der Waals surface area (Å²) in [5.74, 6) is -1.67. The van der Waals surface area contributed by atoms with E-state index in [1.807, 2.05) is 0 Å². The lowest BCUT2D eigenvalue weighted by molar-refractivity contribution is -0.131. The minimum absolute atomic E-state index is 0.174. The highest BCUT2D eigenvalue weighted by atomic mass is 35.5. The third-order valence-corrected chi connectivity index (χ3v) is 3.06. The average molecular weight is 311 g/mol. The molecule has 0 saturated heterocycles. The fourth-order valence-electron chi connectivity index (χ4n) is 1.82. The number of hydrogen-bond donors (Lipinski definition) is 1. The SMILES string of the molecule is O=C(O)/C=C/c1c(F)cccc1-c1cc(Cl)cc(Cl)c1.